The summed E-state index contributed by atoms with van der Waals surface area (Å²) in [5, 5.41) is 13.7. The number of carbonyl (C=O) groups is 2. The summed E-state index contributed by atoms with van der Waals surface area (Å²) in [6.07, 6.45) is 4.88. The lowest BCUT2D eigenvalue weighted by Crippen LogP contribution is -2.43. The Morgan fingerprint density at radius 3 is 2.60 bits per heavy atom. The van der Waals surface area contributed by atoms with Gasteiger partial charge in [0.1, 0.15) is 18.2 Å². The van der Waals surface area contributed by atoms with Gasteiger partial charge in [0.05, 0.1) is 17.6 Å². The van der Waals surface area contributed by atoms with Gasteiger partial charge in [-0.1, -0.05) is 19.3 Å². The van der Waals surface area contributed by atoms with E-state index in [9.17, 15) is 18.4 Å². The van der Waals surface area contributed by atoms with Crippen LogP contribution in [-0.4, -0.2) is 24.9 Å². The van der Waals surface area contributed by atoms with Gasteiger partial charge in [0, 0.05) is 6.54 Å². The van der Waals surface area contributed by atoms with Gasteiger partial charge >= 0.3 is 0 Å². The molecule has 1 fully saturated rings. The third-order valence-corrected chi connectivity index (χ3v) is 4.55. The summed E-state index contributed by atoms with van der Waals surface area (Å²) in [6, 6.07) is 4.51. The van der Waals surface area contributed by atoms with Gasteiger partial charge in [0.2, 0.25) is 5.91 Å². The minimum absolute atomic E-state index is 0.0245. The van der Waals surface area contributed by atoms with Crippen LogP contribution in [0.3, 0.4) is 0 Å². The Bertz CT molecular complexity index is 667. The van der Waals surface area contributed by atoms with Crippen LogP contribution in [0.4, 0.5) is 8.78 Å². The highest BCUT2D eigenvalue weighted by Gasteiger charge is 2.30. The van der Waals surface area contributed by atoms with E-state index in [2.05, 4.69) is 10.6 Å². The second kappa shape index (κ2) is 9.11. The van der Waals surface area contributed by atoms with Gasteiger partial charge in [-0.05, 0) is 37.0 Å². The number of nitrogens with zero attached hydrogens (tertiary/aromatic N) is 1. The van der Waals surface area contributed by atoms with Crippen LogP contribution in [-0.2, 0) is 4.79 Å². The van der Waals surface area contributed by atoms with E-state index in [1.54, 1.807) is 0 Å². The van der Waals surface area contributed by atoms with E-state index in [0.717, 1.165) is 50.3 Å². The fraction of sp³-hybridized carbons (Fsp3) is 0.500. The lowest BCUT2D eigenvalue weighted by atomic mass is 9.79. The third kappa shape index (κ3) is 5.24. The molecular weight excluding hydrogens is 328 g/mol. The molecule has 134 valence electrons. The monoisotopic (exact) mass is 349 g/mol. The zero-order valence-corrected chi connectivity index (χ0v) is 13.9. The van der Waals surface area contributed by atoms with Crippen LogP contribution < -0.4 is 10.6 Å². The van der Waals surface area contributed by atoms with Crippen LogP contribution in [0.25, 0.3) is 0 Å². The first-order valence-corrected chi connectivity index (χ1v) is 8.41. The number of hydrogen-bond acceptors (Lipinski definition) is 3. The van der Waals surface area contributed by atoms with Crippen molar-refractivity contribution in [3.63, 3.8) is 0 Å². The van der Waals surface area contributed by atoms with Crippen LogP contribution in [0.2, 0.25) is 0 Å². The molecule has 1 unspecified atom stereocenters. The van der Waals surface area contributed by atoms with Gasteiger partial charge in [0.25, 0.3) is 5.91 Å². The summed E-state index contributed by atoms with van der Waals surface area (Å²) in [5.41, 5.74) is -0.389. The van der Waals surface area contributed by atoms with E-state index in [1.165, 1.54) is 0 Å². The number of amides is 2. The van der Waals surface area contributed by atoms with E-state index in [-0.39, 0.29) is 30.5 Å². The van der Waals surface area contributed by atoms with Crippen LogP contribution in [0.5, 0.6) is 0 Å². The minimum Gasteiger partial charge on any atom is -0.351 e. The molecule has 2 N–H and O–H groups in total. The standard InChI is InChI=1S/C18H21F2N3O2/c19-13-6-7-16(20)14(10-13)17(24)23-11-15(18(25)22-9-8-21)12-4-2-1-3-5-12/h6-7,10,12,15H,1-5,9,11H2,(H,22,25)(H,23,24). The molecule has 25 heavy (non-hydrogen) atoms. The Kier molecular flexibility index (Phi) is 6.87. The molecule has 0 radical (unpaired) electrons. The van der Waals surface area contributed by atoms with Gasteiger partial charge in [-0.15, -0.1) is 0 Å². The third-order valence-electron chi connectivity index (χ3n) is 4.55. The largest absolute Gasteiger partial charge is 0.351 e. The zero-order chi connectivity index (χ0) is 18.2. The number of benzene rings is 1. The first-order valence-electron chi connectivity index (χ1n) is 8.41. The highest BCUT2D eigenvalue weighted by Crippen LogP contribution is 2.30. The van der Waals surface area contributed by atoms with E-state index < -0.39 is 23.5 Å². The molecular formula is C18H21F2N3O2. The van der Waals surface area contributed by atoms with Crippen LogP contribution in [0, 0.1) is 34.8 Å². The second-order valence-electron chi connectivity index (χ2n) is 6.21. The summed E-state index contributed by atoms with van der Waals surface area (Å²) in [6.45, 7) is -0.0781. The van der Waals surface area contributed by atoms with Crippen LogP contribution in [0.15, 0.2) is 18.2 Å². The van der Waals surface area contributed by atoms with Crippen molar-refractivity contribution in [2.75, 3.05) is 13.1 Å². The van der Waals surface area contributed by atoms with Crippen molar-refractivity contribution in [3.05, 3.63) is 35.4 Å². The lowest BCUT2D eigenvalue weighted by molar-refractivity contribution is -0.126. The van der Waals surface area contributed by atoms with Crippen molar-refractivity contribution in [2.24, 2.45) is 11.8 Å². The quantitative estimate of drug-likeness (QED) is 0.774. The van der Waals surface area contributed by atoms with Gasteiger partial charge < -0.3 is 10.6 Å². The first-order chi connectivity index (χ1) is 12.0. The fourth-order valence-corrected chi connectivity index (χ4v) is 3.24. The van der Waals surface area contributed by atoms with Crippen molar-refractivity contribution in [2.45, 2.75) is 32.1 Å². The maximum atomic E-state index is 13.7. The predicted octanol–water partition coefficient (Wildman–Crippen LogP) is 2.53. The molecule has 0 spiro atoms. The van der Waals surface area contributed by atoms with Crippen molar-refractivity contribution >= 4 is 11.8 Å². The molecule has 1 atom stereocenters. The minimum atomic E-state index is -0.818. The summed E-state index contributed by atoms with van der Waals surface area (Å²) in [7, 11) is 0. The van der Waals surface area contributed by atoms with Crippen molar-refractivity contribution < 1.29 is 18.4 Å². The van der Waals surface area contributed by atoms with E-state index in [4.69, 9.17) is 5.26 Å². The van der Waals surface area contributed by atoms with Crippen molar-refractivity contribution in [3.8, 4) is 6.07 Å². The maximum absolute atomic E-state index is 13.7. The Labute approximate surface area is 145 Å². The number of nitriles is 1. The maximum Gasteiger partial charge on any atom is 0.254 e. The lowest BCUT2D eigenvalue weighted by Gasteiger charge is -2.29. The predicted molar refractivity (Wildman–Crippen MR) is 87.4 cm³/mol. The smallest absolute Gasteiger partial charge is 0.254 e. The molecule has 1 aliphatic rings. The molecule has 0 aromatic heterocycles. The number of halogens is 2. The average molecular weight is 349 g/mol. The number of nitrogens with one attached hydrogen (secondary N) is 2. The van der Waals surface area contributed by atoms with Crippen LogP contribution >= 0.6 is 0 Å². The summed E-state index contributed by atoms with van der Waals surface area (Å²) in [4.78, 5) is 24.5. The van der Waals surface area contributed by atoms with Crippen molar-refractivity contribution in [1.29, 1.82) is 5.26 Å². The average Bonchev–Trinajstić information content (AvgIpc) is 2.62. The summed E-state index contributed by atoms with van der Waals surface area (Å²) < 4.78 is 26.9. The number of rotatable bonds is 6. The highest BCUT2D eigenvalue weighted by molar-refractivity contribution is 5.94. The summed E-state index contributed by atoms with van der Waals surface area (Å²) >= 11 is 0. The Morgan fingerprint density at radius 2 is 1.92 bits per heavy atom. The molecule has 0 bridgehead atoms. The molecule has 1 aromatic rings. The Hall–Kier alpha value is -2.49. The van der Waals surface area contributed by atoms with Crippen LogP contribution in [0.1, 0.15) is 42.5 Å². The molecule has 0 heterocycles. The van der Waals surface area contributed by atoms with E-state index in [0.29, 0.717) is 0 Å². The van der Waals surface area contributed by atoms with Gasteiger partial charge in [-0.25, -0.2) is 8.78 Å². The Balaban J connectivity index is 2.05. The molecule has 5 nitrogen and oxygen atoms in total. The Morgan fingerprint density at radius 1 is 1.20 bits per heavy atom. The van der Waals surface area contributed by atoms with Gasteiger partial charge in [0.15, 0.2) is 0 Å². The second-order valence-corrected chi connectivity index (χ2v) is 6.21. The molecule has 1 aliphatic carbocycles. The number of hydrogen-bond donors (Lipinski definition) is 2. The summed E-state index contributed by atoms with van der Waals surface area (Å²) in [5.74, 6) is -2.97. The molecule has 0 aliphatic heterocycles. The highest BCUT2D eigenvalue weighted by atomic mass is 19.1. The zero-order valence-electron chi connectivity index (χ0n) is 13.9. The van der Waals surface area contributed by atoms with E-state index >= 15 is 0 Å². The van der Waals surface area contributed by atoms with Gasteiger partial charge in [-0.2, -0.15) is 5.26 Å². The van der Waals surface area contributed by atoms with E-state index in [1.807, 2.05) is 6.07 Å². The number of carbonyl (C=O) groups excluding carboxylic acids is 2. The first kappa shape index (κ1) is 18.8. The van der Waals surface area contributed by atoms with Gasteiger partial charge in [-0.3, -0.25) is 9.59 Å². The van der Waals surface area contributed by atoms with Crippen molar-refractivity contribution in [1.82, 2.24) is 10.6 Å². The fourth-order valence-electron chi connectivity index (χ4n) is 3.24. The molecule has 7 heteroatoms. The SMILES string of the molecule is N#CCNC(=O)C(CNC(=O)c1cc(F)ccc1F)C1CCCCC1. The molecule has 2 amide bonds. The molecule has 0 saturated heterocycles. The topological polar surface area (TPSA) is 82.0 Å². The molecule has 2 rings (SSSR count). The normalized spacial score (nSPS) is 15.9. The molecule has 1 aromatic carbocycles. The molecule has 1 saturated carbocycles.